The third kappa shape index (κ3) is 3.72. The second kappa shape index (κ2) is 7.50. The minimum atomic E-state index is 0.381. The molecule has 0 fully saturated rings. The molecule has 25 heavy (non-hydrogen) atoms. The summed E-state index contributed by atoms with van der Waals surface area (Å²) in [4.78, 5) is 0. The van der Waals surface area contributed by atoms with Gasteiger partial charge in [0.25, 0.3) is 0 Å². The molecule has 3 aromatic rings. The van der Waals surface area contributed by atoms with Gasteiger partial charge in [0.15, 0.2) is 17.3 Å². The van der Waals surface area contributed by atoms with Crippen LogP contribution in [-0.2, 0) is 0 Å². The Morgan fingerprint density at radius 3 is 2.68 bits per heavy atom. The van der Waals surface area contributed by atoms with Gasteiger partial charge in [0.2, 0.25) is 4.77 Å². The fourth-order valence-electron chi connectivity index (χ4n) is 2.27. The van der Waals surface area contributed by atoms with Gasteiger partial charge in [-0.15, -0.1) is 0 Å². The fourth-order valence-corrected chi connectivity index (χ4v) is 2.64. The molecule has 1 aromatic heterocycles. The van der Waals surface area contributed by atoms with E-state index >= 15 is 0 Å². The van der Waals surface area contributed by atoms with Crippen LogP contribution < -0.4 is 9.47 Å². The summed E-state index contributed by atoms with van der Waals surface area (Å²) < 4.78 is 12.4. The van der Waals surface area contributed by atoms with Crippen molar-refractivity contribution in [2.45, 2.75) is 0 Å². The minimum Gasteiger partial charge on any atom is -0.493 e. The SMILES string of the molecule is COc1ccc(/C=N/n2c(-c3cccc(Cl)c3)n[nH]c2=S)cc1OC. The highest BCUT2D eigenvalue weighted by molar-refractivity contribution is 7.71. The summed E-state index contributed by atoms with van der Waals surface area (Å²) in [7, 11) is 3.18. The topological polar surface area (TPSA) is 64.4 Å². The summed E-state index contributed by atoms with van der Waals surface area (Å²) in [6.07, 6.45) is 1.67. The molecule has 0 bridgehead atoms. The molecule has 0 spiro atoms. The number of methoxy groups -OCH3 is 2. The maximum atomic E-state index is 6.05. The second-order valence-corrected chi connectivity index (χ2v) is 5.86. The van der Waals surface area contributed by atoms with E-state index in [1.807, 2.05) is 30.3 Å². The van der Waals surface area contributed by atoms with Crippen molar-refractivity contribution in [2.75, 3.05) is 14.2 Å². The monoisotopic (exact) mass is 374 g/mol. The summed E-state index contributed by atoms with van der Waals surface area (Å²) in [5.74, 6) is 1.85. The van der Waals surface area contributed by atoms with E-state index in [2.05, 4.69) is 15.3 Å². The summed E-state index contributed by atoms with van der Waals surface area (Å²) in [5, 5.41) is 12.0. The third-order valence-electron chi connectivity index (χ3n) is 3.46. The van der Waals surface area contributed by atoms with Crippen LogP contribution in [-0.4, -0.2) is 35.3 Å². The Labute approximate surface area is 154 Å². The van der Waals surface area contributed by atoms with E-state index in [1.165, 1.54) is 4.68 Å². The number of nitrogens with one attached hydrogen (secondary N) is 1. The Kier molecular flexibility index (Phi) is 5.16. The number of hydrogen-bond acceptors (Lipinski definition) is 5. The molecule has 0 saturated heterocycles. The first-order chi connectivity index (χ1) is 12.1. The van der Waals surface area contributed by atoms with Crippen molar-refractivity contribution in [1.29, 1.82) is 0 Å². The molecule has 8 heteroatoms. The predicted octanol–water partition coefficient (Wildman–Crippen LogP) is 4.16. The van der Waals surface area contributed by atoms with Crippen LogP contribution in [0, 0.1) is 4.77 Å². The number of hydrogen-bond donors (Lipinski definition) is 1. The highest BCUT2D eigenvalue weighted by atomic mass is 35.5. The molecule has 0 atom stereocenters. The van der Waals surface area contributed by atoms with E-state index in [-0.39, 0.29) is 0 Å². The average molecular weight is 375 g/mol. The zero-order valence-electron chi connectivity index (χ0n) is 13.6. The van der Waals surface area contributed by atoms with Crippen LogP contribution in [0.1, 0.15) is 5.56 Å². The average Bonchev–Trinajstić information content (AvgIpc) is 3.00. The molecule has 2 aromatic carbocycles. The quantitative estimate of drug-likeness (QED) is 0.538. The molecule has 1 N–H and O–H groups in total. The Balaban J connectivity index is 1.97. The molecule has 6 nitrogen and oxygen atoms in total. The number of nitrogens with zero attached hydrogens (tertiary/aromatic N) is 3. The highest BCUT2D eigenvalue weighted by Gasteiger charge is 2.09. The smallest absolute Gasteiger partial charge is 0.216 e. The van der Waals surface area contributed by atoms with E-state index in [0.717, 1.165) is 11.1 Å². The van der Waals surface area contributed by atoms with Gasteiger partial charge in [0.05, 0.1) is 20.4 Å². The first-order valence-electron chi connectivity index (χ1n) is 7.32. The van der Waals surface area contributed by atoms with Crippen molar-refractivity contribution in [3.8, 4) is 22.9 Å². The Morgan fingerprint density at radius 1 is 1.16 bits per heavy atom. The van der Waals surface area contributed by atoms with Crippen molar-refractivity contribution in [3.63, 3.8) is 0 Å². The van der Waals surface area contributed by atoms with Crippen LogP contribution in [0.4, 0.5) is 0 Å². The summed E-state index contributed by atoms with van der Waals surface area (Å²) >= 11 is 11.3. The zero-order chi connectivity index (χ0) is 17.8. The lowest BCUT2D eigenvalue weighted by molar-refractivity contribution is 0.355. The molecule has 0 aliphatic carbocycles. The third-order valence-corrected chi connectivity index (χ3v) is 3.96. The van der Waals surface area contributed by atoms with Crippen molar-refractivity contribution in [3.05, 3.63) is 57.8 Å². The Hall–Kier alpha value is -2.64. The summed E-state index contributed by atoms with van der Waals surface area (Å²) in [5.41, 5.74) is 1.64. The van der Waals surface area contributed by atoms with Crippen molar-refractivity contribution in [1.82, 2.24) is 14.9 Å². The largest absolute Gasteiger partial charge is 0.493 e. The molecular formula is C17H15ClN4O2S. The van der Waals surface area contributed by atoms with Crippen LogP contribution in [0.2, 0.25) is 5.02 Å². The first kappa shape index (κ1) is 17.2. The second-order valence-electron chi connectivity index (χ2n) is 5.03. The summed E-state index contributed by atoms with van der Waals surface area (Å²) in [6, 6.07) is 12.8. The van der Waals surface area contributed by atoms with Crippen LogP contribution >= 0.6 is 23.8 Å². The molecule has 3 rings (SSSR count). The molecule has 0 aliphatic heterocycles. The molecule has 0 aliphatic rings. The summed E-state index contributed by atoms with van der Waals surface area (Å²) in [6.45, 7) is 0. The fraction of sp³-hybridized carbons (Fsp3) is 0.118. The number of ether oxygens (including phenoxy) is 2. The Morgan fingerprint density at radius 2 is 1.96 bits per heavy atom. The number of rotatable bonds is 5. The van der Waals surface area contributed by atoms with Gasteiger partial charge in [-0.05, 0) is 48.1 Å². The molecule has 0 amide bonds. The molecule has 128 valence electrons. The molecule has 0 radical (unpaired) electrons. The van der Waals surface area contributed by atoms with Gasteiger partial charge in [-0.1, -0.05) is 23.7 Å². The van der Waals surface area contributed by atoms with Crippen molar-refractivity contribution >= 4 is 30.0 Å². The van der Waals surface area contributed by atoms with Gasteiger partial charge in [-0.3, -0.25) is 0 Å². The zero-order valence-corrected chi connectivity index (χ0v) is 15.1. The van der Waals surface area contributed by atoms with Crippen LogP contribution in [0.15, 0.2) is 47.6 Å². The lowest BCUT2D eigenvalue weighted by atomic mass is 10.2. The molecule has 0 saturated carbocycles. The van der Waals surface area contributed by atoms with E-state index in [0.29, 0.717) is 27.1 Å². The molecule has 0 unspecified atom stereocenters. The molecular weight excluding hydrogens is 360 g/mol. The minimum absolute atomic E-state index is 0.381. The number of aromatic amines is 1. The maximum Gasteiger partial charge on any atom is 0.216 e. The Bertz CT molecular complexity index is 981. The van der Waals surface area contributed by atoms with Gasteiger partial charge in [-0.25, -0.2) is 5.10 Å². The van der Waals surface area contributed by atoms with Crippen molar-refractivity contribution in [2.24, 2.45) is 5.10 Å². The van der Waals surface area contributed by atoms with Crippen LogP contribution in [0.25, 0.3) is 11.4 Å². The van der Waals surface area contributed by atoms with Gasteiger partial charge in [0, 0.05) is 10.6 Å². The van der Waals surface area contributed by atoms with Gasteiger partial charge in [-0.2, -0.15) is 14.9 Å². The van der Waals surface area contributed by atoms with Crippen LogP contribution in [0.5, 0.6) is 11.5 Å². The van der Waals surface area contributed by atoms with Gasteiger partial charge in [0.1, 0.15) is 0 Å². The standard InChI is InChI=1S/C17H15ClN4O2S/c1-23-14-7-6-11(8-15(14)24-2)10-19-22-16(20-21-17(22)25)12-4-3-5-13(18)9-12/h3-10H,1-2H3,(H,21,25)/b19-10+. The first-order valence-corrected chi connectivity index (χ1v) is 8.10. The number of H-pyrrole nitrogens is 1. The lowest BCUT2D eigenvalue weighted by Gasteiger charge is -2.07. The normalized spacial score (nSPS) is 11.0. The number of benzene rings is 2. The highest BCUT2D eigenvalue weighted by Crippen LogP contribution is 2.27. The van der Waals surface area contributed by atoms with E-state index in [1.54, 1.807) is 32.6 Å². The molecule has 1 heterocycles. The predicted molar refractivity (Wildman–Crippen MR) is 100 cm³/mol. The number of halogens is 1. The van der Waals surface area contributed by atoms with Crippen LogP contribution in [0.3, 0.4) is 0 Å². The number of aromatic nitrogens is 3. The maximum absolute atomic E-state index is 6.05. The van der Waals surface area contributed by atoms with Crippen molar-refractivity contribution < 1.29 is 9.47 Å². The van der Waals surface area contributed by atoms with E-state index in [9.17, 15) is 0 Å². The van der Waals surface area contributed by atoms with Gasteiger partial charge < -0.3 is 9.47 Å². The van der Waals surface area contributed by atoms with E-state index in [4.69, 9.17) is 33.3 Å². The van der Waals surface area contributed by atoms with Gasteiger partial charge >= 0.3 is 0 Å². The van der Waals surface area contributed by atoms with E-state index < -0.39 is 0 Å². The lowest BCUT2D eigenvalue weighted by Crippen LogP contribution is -1.96.